The van der Waals surface area contributed by atoms with Gasteiger partial charge in [0.05, 0.1) is 7.11 Å². The lowest BCUT2D eigenvalue weighted by atomic mass is 9.93. The molecule has 2 aromatic carbocycles. The summed E-state index contributed by atoms with van der Waals surface area (Å²) in [5.41, 5.74) is 8.55. The van der Waals surface area contributed by atoms with Crippen LogP contribution in [0.4, 0.5) is 0 Å². The van der Waals surface area contributed by atoms with E-state index in [4.69, 9.17) is 10.5 Å². The summed E-state index contributed by atoms with van der Waals surface area (Å²) in [4.78, 5) is 0. The van der Waals surface area contributed by atoms with Gasteiger partial charge in [-0.2, -0.15) is 0 Å². The van der Waals surface area contributed by atoms with Crippen molar-refractivity contribution >= 4 is 15.9 Å². The Morgan fingerprint density at radius 1 is 1.05 bits per heavy atom. The Labute approximate surface area is 129 Å². The first-order valence-corrected chi connectivity index (χ1v) is 7.58. The van der Waals surface area contributed by atoms with Crippen molar-refractivity contribution in [3.05, 3.63) is 64.1 Å². The smallest absolute Gasteiger partial charge is 0.118 e. The Hall–Kier alpha value is -1.32. The van der Waals surface area contributed by atoms with Crippen molar-refractivity contribution in [1.29, 1.82) is 0 Å². The van der Waals surface area contributed by atoms with Gasteiger partial charge in [0.2, 0.25) is 0 Å². The molecular formula is C17H20BrNO. The van der Waals surface area contributed by atoms with Gasteiger partial charge in [-0.3, -0.25) is 0 Å². The van der Waals surface area contributed by atoms with Crippen molar-refractivity contribution in [2.24, 2.45) is 11.7 Å². The maximum absolute atomic E-state index is 5.93. The zero-order valence-electron chi connectivity index (χ0n) is 11.7. The minimum Gasteiger partial charge on any atom is -0.497 e. The van der Waals surface area contributed by atoms with Crippen molar-refractivity contribution in [3.63, 3.8) is 0 Å². The summed E-state index contributed by atoms with van der Waals surface area (Å²) >= 11 is 3.51. The van der Waals surface area contributed by atoms with E-state index in [2.05, 4.69) is 46.3 Å². The molecule has 0 spiro atoms. The Kier molecular flexibility index (Phi) is 5.62. The molecule has 0 aliphatic rings. The highest BCUT2D eigenvalue weighted by atomic mass is 79.9. The van der Waals surface area contributed by atoms with Crippen LogP contribution in [0.15, 0.2) is 53.0 Å². The van der Waals surface area contributed by atoms with Crippen molar-refractivity contribution < 1.29 is 4.74 Å². The number of hydrogen-bond donors (Lipinski definition) is 1. The van der Waals surface area contributed by atoms with Gasteiger partial charge < -0.3 is 10.5 Å². The van der Waals surface area contributed by atoms with E-state index in [-0.39, 0.29) is 0 Å². The lowest BCUT2D eigenvalue weighted by Gasteiger charge is -2.15. The first-order valence-electron chi connectivity index (χ1n) is 6.78. The standard InChI is InChI=1S/C17H20BrNO/c1-20-17-7-5-13(6-8-17)9-15(12-19)10-14-3-2-4-16(18)11-14/h2-8,11,15H,9-10,12,19H2,1H3. The third kappa shape index (κ3) is 4.36. The number of nitrogens with two attached hydrogens (primary N) is 1. The lowest BCUT2D eigenvalue weighted by molar-refractivity contribution is 0.414. The van der Waals surface area contributed by atoms with Gasteiger partial charge >= 0.3 is 0 Å². The molecule has 0 saturated carbocycles. The van der Waals surface area contributed by atoms with Crippen LogP contribution in [-0.2, 0) is 12.8 Å². The second-order valence-corrected chi connectivity index (χ2v) is 5.90. The first-order chi connectivity index (χ1) is 9.71. The highest BCUT2D eigenvalue weighted by Gasteiger charge is 2.09. The number of halogens is 1. The fourth-order valence-electron chi connectivity index (χ4n) is 2.33. The van der Waals surface area contributed by atoms with Crippen LogP contribution in [0.3, 0.4) is 0 Å². The molecule has 2 rings (SSSR count). The van der Waals surface area contributed by atoms with Gasteiger partial charge in [-0.1, -0.05) is 40.2 Å². The topological polar surface area (TPSA) is 35.2 Å². The third-order valence-corrected chi connectivity index (χ3v) is 3.92. The van der Waals surface area contributed by atoms with Crippen LogP contribution in [0.25, 0.3) is 0 Å². The van der Waals surface area contributed by atoms with E-state index < -0.39 is 0 Å². The number of hydrogen-bond acceptors (Lipinski definition) is 2. The number of methoxy groups -OCH3 is 1. The second kappa shape index (κ2) is 7.46. The lowest BCUT2D eigenvalue weighted by Crippen LogP contribution is -2.19. The zero-order valence-corrected chi connectivity index (χ0v) is 13.3. The first kappa shape index (κ1) is 15.1. The van der Waals surface area contributed by atoms with E-state index in [1.165, 1.54) is 11.1 Å². The summed E-state index contributed by atoms with van der Waals surface area (Å²) < 4.78 is 6.30. The van der Waals surface area contributed by atoms with Crippen LogP contribution >= 0.6 is 15.9 Å². The van der Waals surface area contributed by atoms with E-state index >= 15 is 0 Å². The molecule has 0 radical (unpaired) electrons. The highest BCUT2D eigenvalue weighted by molar-refractivity contribution is 9.10. The quantitative estimate of drug-likeness (QED) is 0.872. The van der Waals surface area contributed by atoms with Crippen molar-refractivity contribution in [1.82, 2.24) is 0 Å². The van der Waals surface area contributed by atoms with Gasteiger partial charge in [0, 0.05) is 4.47 Å². The molecule has 2 aromatic rings. The summed E-state index contributed by atoms with van der Waals surface area (Å²) in [6, 6.07) is 16.7. The molecule has 1 atom stereocenters. The molecule has 2 nitrogen and oxygen atoms in total. The predicted octanol–water partition coefficient (Wildman–Crippen LogP) is 3.82. The average Bonchev–Trinajstić information content (AvgIpc) is 2.47. The summed E-state index contributed by atoms with van der Waals surface area (Å²) in [7, 11) is 1.69. The fraction of sp³-hybridized carbons (Fsp3) is 0.294. The summed E-state index contributed by atoms with van der Waals surface area (Å²) in [5.74, 6) is 1.35. The molecule has 1 unspecified atom stereocenters. The maximum atomic E-state index is 5.93. The van der Waals surface area contributed by atoms with Crippen LogP contribution in [0.2, 0.25) is 0 Å². The van der Waals surface area contributed by atoms with Crippen LogP contribution in [-0.4, -0.2) is 13.7 Å². The molecule has 0 aliphatic carbocycles. The van der Waals surface area contributed by atoms with Gasteiger partial charge in [-0.25, -0.2) is 0 Å². The van der Waals surface area contributed by atoms with E-state index in [1.807, 2.05) is 18.2 Å². The molecule has 0 saturated heterocycles. The largest absolute Gasteiger partial charge is 0.497 e. The van der Waals surface area contributed by atoms with Crippen molar-refractivity contribution in [2.75, 3.05) is 13.7 Å². The predicted molar refractivity (Wildman–Crippen MR) is 87.1 cm³/mol. The molecule has 0 aromatic heterocycles. The molecule has 0 fully saturated rings. The zero-order chi connectivity index (χ0) is 14.4. The summed E-state index contributed by atoms with van der Waals surface area (Å²) in [6.45, 7) is 0.693. The van der Waals surface area contributed by atoms with Crippen molar-refractivity contribution in [2.45, 2.75) is 12.8 Å². The van der Waals surface area contributed by atoms with Gasteiger partial charge in [-0.15, -0.1) is 0 Å². The Morgan fingerprint density at radius 2 is 1.75 bits per heavy atom. The maximum Gasteiger partial charge on any atom is 0.118 e. The van der Waals surface area contributed by atoms with Crippen LogP contribution < -0.4 is 10.5 Å². The van der Waals surface area contributed by atoms with E-state index in [0.29, 0.717) is 12.5 Å². The number of benzene rings is 2. The Morgan fingerprint density at radius 3 is 2.35 bits per heavy atom. The number of ether oxygens (including phenoxy) is 1. The van der Waals surface area contributed by atoms with Gasteiger partial charge in [0.25, 0.3) is 0 Å². The van der Waals surface area contributed by atoms with E-state index in [1.54, 1.807) is 7.11 Å². The minimum absolute atomic E-state index is 0.456. The molecule has 106 valence electrons. The number of rotatable bonds is 6. The second-order valence-electron chi connectivity index (χ2n) is 4.99. The van der Waals surface area contributed by atoms with Crippen LogP contribution in [0, 0.1) is 5.92 Å². The fourth-order valence-corrected chi connectivity index (χ4v) is 2.78. The van der Waals surface area contributed by atoms with E-state index in [0.717, 1.165) is 23.1 Å². The van der Waals surface area contributed by atoms with Crippen molar-refractivity contribution in [3.8, 4) is 5.75 Å². The Bertz CT molecular complexity index is 539. The molecule has 3 heteroatoms. The molecule has 0 heterocycles. The third-order valence-electron chi connectivity index (χ3n) is 3.43. The summed E-state index contributed by atoms with van der Waals surface area (Å²) in [5, 5.41) is 0. The molecular weight excluding hydrogens is 314 g/mol. The molecule has 0 aliphatic heterocycles. The van der Waals surface area contributed by atoms with Crippen LogP contribution in [0.5, 0.6) is 5.75 Å². The molecule has 20 heavy (non-hydrogen) atoms. The normalized spacial score (nSPS) is 12.2. The Balaban J connectivity index is 2.01. The molecule has 0 bridgehead atoms. The van der Waals surface area contributed by atoms with Gasteiger partial charge in [0.1, 0.15) is 5.75 Å². The van der Waals surface area contributed by atoms with Crippen LogP contribution in [0.1, 0.15) is 11.1 Å². The average molecular weight is 334 g/mol. The SMILES string of the molecule is COc1ccc(CC(CN)Cc2cccc(Br)c2)cc1. The monoisotopic (exact) mass is 333 g/mol. The van der Waals surface area contributed by atoms with Gasteiger partial charge in [0.15, 0.2) is 0 Å². The highest BCUT2D eigenvalue weighted by Crippen LogP contribution is 2.19. The minimum atomic E-state index is 0.456. The molecule has 2 N–H and O–H groups in total. The summed E-state index contributed by atoms with van der Waals surface area (Å²) in [6.07, 6.45) is 2.00. The van der Waals surface area contributed by atoms with E-state index in [9.17, 15) is 0 Å². The molecule has 0 amide bonds. The van der Waals surface area contributed by atoms with Gasteiger partial charge in [-0.05, 0) is 60.7 Å².